The Labute approximate surface area is 115 Å². The van der Waals surface area contributed by atoms with Crippen molar-refractivity contribution in [1.29, 1.82) is 0 Å². The molecule has 0 saturated heterocycles. The fraction of sp³-hybridized carbons (Fsp3) is 0.214. The Morgan fingerprint density at radius 1 is 1.35 bits per heavy atom. The molecule has 0 spiro atoms. The van der Waals surface area contributed by atoms with E-state index in [0.717, 1.165) is 5.76 Å². The van der Waals surface area contributed by atoms with Crippen molar-refractivity contribution >= 4 is 11.9 Å². The summed E-state index contributed by atoms with van der Waals surface area (Å²) in [6, 6.07) is 6.40. The van der Waals surface area contributed by atoms with Crippen molar-refractivity contribution in [2.75, 3.05) is 6.54 Å². The van der Waals surface area contributed by atoms with Gasteiger partial charge in [-0.25, -0.2) is 9.78 Å². The Hall–Kier alpha value is -2.63. The molecular formula is C14H14N2O4. The third kappa shape index (κ3) is 3.23. The third-order valence-corrected chi connectivity index (χ3v) is 2.79. The number of nitrogens with one attached hydrogen (secondary N) is 1. The molecule has 0 radical (unpaired) electrons. The first-order valence-electron chi connectivity index (χ1n) is 6.09. The molecule has 0 atom stereocenters. The maximum atomic E-state index is 11.9. The smallest absolute Gasteiger partial charge is 0.337 e. The van der Waals surface area contributed by atoms with Gasteiger partial charge in [-0.1, -0.05) is 0 Å². The van der Waals surface area contributed by atoms with Crippen molar-refractivity contribution in [2.24, 2.45) is 0 Å². The molecular weight excluding hydrogens is 260 g/mol. The summed E-state index contributed by atoms with van der Waals surface area (Å²) in [6.07, 6.45) is 2.16. The predicted molar refractivity (Wildman–Crippen MR) is 70.7 cm³/mol. The van der Waals surface area contributed by atoms with Crippen LogP contribution < -0.4 is 5.32 Å². The van der Waals surface area contributed by atoms with Crippen LogP contribution in [0.3, 0.4) is 0 Å². The van der Waals surface area contributed by atoms with Crippen LogP contribution in [0.25, 0.3) is 0 Å². The molecule has 0 aliphatic carbocycles. The Kier molecular flexibility index (Phi) is 4.14. The van der Waals surface area contributed by atoms with Crippen LogP contribution in [0.5, 0.6) is 0 Å². The van der Waals surface area contributed by atoms with E-state index in [1.807, 2.05) is 6.07 Å². The number of nitrogens with zero attached hydrogens (tertiary/aromatic N) is 1. The molecule has 1 amide bonds. The number of carbonyl (C=O) groups is 2. The van der Waals surface area contributed by atoms with Crippen molar-refractivity contribution in [2.45, 2.75) is 13.3 Å². The number of aromatic nitrogens is 1. The van der Waals surface area contributed by atoms with Gasteiger partial charge in [-0.2, -0.15) is 0 Å². The number of aromatic carboxylic acids is 1. The molecule has 0 aliphatic rings. The van der Waals surface area contributed by atoms with Gasteiger partial charge in [-0.05, 0) is 31.2 Å². The molecule has 0 aliphatic heterocycles. The SMILES string of the molecule is Cc1nc(C(=O)NCCc2ccco2)ccc1C(=O)O. The second kappa shape index (κ2) is 6.01. The summed E-state index contributed by atoms with van der Waals surface area (Å²) in [5, 5.41) is 11.6. The average molecular weight is 274 g/mol. The van der Waals surface area contributed by atoms with Crippen LogP contribution in [0.4, 0.5) is 0 Å². The molecule has 6 heteroatoms. The summed E-state index contributed by atoms with van der Waals surface area (Å²) in [7, 11) is 0. The number of aryl methyl sites for hydroxylation is 1. The fourth-order valence-electron chi connectivity index (χ4n) is 1.76. The summed E-state index contributed by atoms with van der Waals surface area (Å²) in [6.45, 7) is 1.98. The summed E-state index contributed by atoms with van der Waals surface area (Å²) in [4.78, 5) is 26.7. The maximum Gasteiger partial charge on any atom is 0.337 e. The standard InChI is InChI=1S/C14H14N2O4/c1-9-11(14(18)19)4-5-12(16-9)13(17)15-7-6-10-3-2-8-20-10/h2-5,8H,6-7H2,1H3,(H,15,17)(H,18,19). The number of rotatable bonds is 5. The van der Waals surface area contributed by atoms with Crippen LogP contribution in [-0.2, 0) is 6.42 Å². The van der Waals surface area contributed by atoms with Crippen molar-refractivity contribution in [1.82, 2.24) is 10.3 Å². The summed E-state index contributed by atoms with van der Waals surface area (Å²) in [5.41, 5.74) is 0.611. The van der Waals surface area contributed by atoms with Crippen molar-refractivity contribution < 1.29 is 19.1 Å². The molecule has 20 heavy (non-hydrogen) atoms. The molecule has 2 heterocycles. The van der Waals surface area contributed by atoms with Crippen molar-refractivity contribution in [3.05, 3.63) is 53.2 Å². The number of hydrogen-bond donors (Lipinski definition) is 2. The second-order valence-electron chi connectivity index (χ2n) is 4.22. The van der Waals surface area contributed by atoms with E-state index in [2.05, 4.69) is 10.3 Å². The van der Waals surface area contributed by atoms with Crippen LogP contribution in [0, 0.1) is 6.92 Å². The van der Waals surface area contributed by atoms with Gasteiger partial charge < -0.3 is 14.8 Å². The summed E-state index contributed by atoms with van der Waals surface area (Å²) in [5.74, 6) is -0.605. The van der Waals surface area contributed by atoms with Gasteiger partial charge in [0.1, 0.15) is 11.5 Å². The van der Waals surface area contributed by atoms with E-state index in [1.54, 1.807) is 19.3 Å². The highest BCUT2D eigenvalue weighted by atomic mass is 16.4. The molecule has 0 bridgehead atoms. The molecule has 2 aromatic heterocycles. The third-order valence-electron chi connectivity index (χ3n) is 2.79. The topological polar surface area (TPSA) is 92.4 Å². The quantitative estimate of drug-likeness (QED) is 0.864. The molecule has 0 aromatic carbocycles. The van der Waals surface area contributed by atoms with E-state index < -0.39 is 5.97 Å². The minimum atomic E-state index is -1.06. The molecule has 2 rings (SSSR count). The summed E-state index contributed by atoms with van der Waals surface area (Å²) >= 11 is 0. The lowest BCUT2D eigenvalue weighted by atomic mass is 10.2. The minimum absolute atomic E-state index is 0.0946. The molecule has 104 valence electrons. The van der Waals surface area contributed by atoms with E-state index in [1.165, 1.54) is 12.1 Å². The number of amides is 1. The van der Waals surface area contributed by atoms with Gasteiger partial charge in [0.2, 0.25) is 0 Å². The molecule has 2 N–H and O–H groups in total. The zero-order valence-corrected chi connectivity index (χ0v) is 10.9. The zero-order chi connectivity index (χ0) is 14.5. The predicted octanol–water partition coefficient (Wildman–Crippen LogP) is 1.65. The highest BCUT2D eigenvalue weighted by Crippen LogP contribution is 2.07. The van der Waals surface area contributed by atoms with Crippen LogP contribution in [0.15, 0.2) is 34.9 Å². The number of furan rings is 1. The largest absolute Gasteiger partial charge is 0.478 e. The lowest BCUT2D eigenvalue weighted by Crippen LogP contribution is -2.26. The van der Waals surface area contributed by atoms with Crippen molar-refractivity contribution in [3.63, 3.8) is 0 Å². The number of carboxylic acid groups (broad SMARTS) is 1. The van der Waals surface area contributed by atoms with Gasteiger partial charge in [0.05, 0.1) is 17.5 Å². The van der Waals surface area contributed by atoms with Gasteiger partial charge in [-0.3, -0.25) is 4.79 Å². The maximum absolute atomic E-state index is 11.9. The monoisotopic (exact) mass is 274 g/mol. The number of pyridine rings is 1. The van der Waals surface area contributed by atoms with Gasteiger partial charge in [0.25, 0.3) is 5.91 Å². The van der Waals surface area contributed by atoms with Gasteiger partial charge in [0.15, 0.2) is 0 Å². The van der Waals surface area contributed by atoms with E-state index in [4.69, 9.17) is 9.52 Å². The first kappa shape index (κ1) is 13.8. The summed E-state index contributed by atoms with van der Waals surface area (Å²) < 4.78 is 5.15. The first-order valence-corrected chi connectivity index (χ1v) is 6.09. The highest BCUT2D eigenvalue weighted by Gasteiger charge is 2.12. The van der Waals surface area contributed by atoms with Crippen molar-refractivity contribution in [3.8, 4) is 0 Å². The number of carboxylic acids is 1. The molecule has 0 unspecified atom stereocenters. The highest BCUT2D eigenvalue weighted by molar-refractivity contribution is 5.94. The zero-order valence-electron chi connectivity index (χ0n) is 10.9. The van der Waals surface area contributed by atoms with Gasteiger partial charge in [0, 0.05) is 13.0 Å². The first-order chi connectivity index (χ1) is 9.58. The lowest BCUT2D eigenvalue weighted by molar-refractivity contribution is 0.0694. The Bertz CT molecular complexity index is 620. The van der Waals surface area contributed by atoms with E-state index >= 15 is 0 Å². The number of hydrogen-bond acceptors (Lipinski definition) is 4. The average Bonchev–Trinajstić information content (AvgIpc) is 2.91. The van der Waals surface area contributed by atoms with Gasteiger partial charge >= 0.3 is 5.97 Å². The molecule has 0 fully saturated rings. The van der Waals surface area contributed by atoms with Crippen LogP contribution in [0.1, 0.15) is 32.3 Å². The van der Waals surface area contributed by atoms with E-state index in [-0.39, 0.29) is 17.2 Å². The second-order valence-corrected chi connectivity index (χ2v) is 4.22. The van der Waals surface area contributed by atoms with Crippen LogP contribution >= 0.6 is 0 Å². The molecule has 2 aromatic rings. The minimum Gasteiger partial charge on any atom is -0.478 e. The Morgan fingerprint density at radius 2 is 2.15 bits per heavy atom. The normalized spacial score (nSPS) is 10.2. The number of carbonyl (C=O) groups excluding carboxylic acids is 1. The Morgan fingerprint density at radius 3 is 2.75 bits per heavy atom. The van der Waals surface area contributed by atoms with Crippen LogP contribution in [0.2, 0.25) is 0 Å². The lowest BCUT2D eigenvalue weighted by Gasteiger charge is -2.05. The molecule has 6 nitrogen and oxygen atoms in total. The van der Waals surface area contributed by atoms with E-state index in [0.29, 0.717) is 18.7 Å². The van der Waals surface area contributed by atoms with Crippen LogP contribution in [-0.4, -0.2) is 28.5 Å². The Balaban J connectivity index is 1.95. The molecule has 0 saturated carbocycles. The van der Waals surface area contributed by atoms with Gasteiger partial charge in [-0.15, -0.1) is 0 Å². The van der Waals surface area contributed by atoms with E-state index in [9.17, 15) is 9.59 Å². The fourth-order valence-corrected chi connectivity index (χ4v) is 1.76.